The van der Waals surface area contributed by atoms with E-state index >= 15 is 0 Å². The maximum absolute atomic E-state index is 4.86. The van der Waals surface area contributed by atoms with Crippen molar-refractivity contribution in [3.63, 3.8) is 0 Å². The van der Waals surface area contributed by atoms with Crippen LogP contribution in [0.4, 0.5) is 0 Å². The van der Waals surface area contributed by atoms with Crippen molar-refractivity contribution in [1.29, 1.82) is 0 Å². The van der Waals surface area contributed by atoms with E-state index in [4.69, 9.17) is 15.4 Å². The Morgan fingerprint density at radius 1 is 1.22 bits per heavy atom. The lowest BCUT2D eigenvalue weighted by Crippen LogP contribution is -2.31. The van der Waals surface area contributed by atoms with Crippen molar-refractivity contribution in [3.05, 3.63) is 0 Å². The molecule has 0 spiro atoms. The summed E-state index contributed by atoms with van der Waals surface area (Å²) in [7, 11) is 3.06. The first-order valence-corrected chi connectivity index (χ1v) is 2.67. The van der Waals surface area contributed by atoms with Gasteiger partial charge in [-0.15, -0.1) is 0 Å². The fourth-order valence-electron chi connectivity index (χ4n) is 0.544. The maximum atomic E-state index is 4.86. The molecule has 0 rings (SSSR count). The molecule has 56 valence electrons. The summed E-state index contributed by atoms with van der Waals surface area (Å²) in [4.78, 5) is 4.44. The van der Waals surface area contributed by atoms with Crippen molar-refractivity contribution < 1.29 is 14.3 Å². The molecule has 0 aromatic carbocycles. The predicted octanol–water partition coefficient (Wildman–Crippen LogP) is -0.116. The first kappa shape index (κ1) is 8.84. The predicted molar refractivity (Wildman–Crippen MR) is 32.5 cm³/mol. The van der Waals surface area contributed by atoms with Crippen molar-refractivity contribution in [1.82, 2.24) is 0 Å². The minimum absolute atomic E-state index is 0.236. The molecule has 0 aliphatic carbocycles. The second-order valence-electron chi connectivity index (χ2n) is 1.68. The Labute approximate surface area is 54.8 Å². The molecular weight excluding hydrogens is 122 g/mol. The van der Waals surface area contributed by atoms with Crippen LogP contribution in [0, 0.1) is 0 Å². The number of methoxy groups -OCH3 is 2. The maximum Gasteiger partial charge on any atom is 0.184 e. The van der Waals surface area contributed by atoms with E-state index in [-0.39, 0.29) is 12.4 Å². The lowest BCUT2D eigenvalue weighted by atomic mass is 10.4. The van der Waals surface area contributed by atoms with Crippen molar-refractivity contribution in [3.8, 4) is 0 Å². The van der Waals surface area contributed by atoms with Crippen LogP contribution >= 0.6 is 0 Å². The Morgan fingerprint density at radius 2 is 1.67 bits per heavy atom. The zero-order chi connectivity index (χ0) is 7.28. The van der Waals surface area contributed by atoms with Gasteiger partial charge in [0, 0.05) is 14.2 Å². The van der Waals surface area contributed by atoms with Gasteiger partial charge in [-0.05, 0) is 6.92 Å². The van der Waals surface area contributed by atoms with Gasteiger partial charge in [-0.2, -0.15) is 0 Å². The minimum Gasteiger partial charge on any atom is -0.353 e. The fourth-order valence-corrected chi connectivity index (χ4v) is 0.544. The molecular formula is C5H13NO3. The quantitative estimate of drug-likeness (QED) is 0.431. The van der Waals surface area contributed by atoms with E-state index in [9.17, 15) is 0 Å². The molecule has 0 saturated heterocycles. The van der Waals surface area contributed by atoms with E-state index in [1.54, 1.807) is 6.92 Å². The number of hydrogen-bond donors (Lipinski definition) is 1. The highest BCUT2D eigenvalue weighted by atomic mass is 16.7. The summed E-state index contributed by atoms with van der Waals surface area (Å²) < 4.78 is 9.65. The van der Waals surface area contributed by atoms with E-state index in [1.165, 1.54) is 14.2 Å². The Kier molecular flexibility index (Phi) is 4.61. The topological polar surface area (TPSA) is 53.7 Å². The molecule has 2 N–H and O–H groups in total. The first-order chi connectivity index (χ1) is 4.26. The second kappa shape index (κ2) is 4.69. The molecule has 0 amide bonds. The first-order valence-electron chi connectivity index (χ1n) is 2.67. The summed E-state index contributed by atoms with van der Waals surface area (Å²) in [5.41, 5.74) is 0. The van der Waals surface area contributed by atoms with Gasteiger partial charge < -0.3 is 9.47 Å². The summed E-state index contributed by atoms with van der Waals surface area (Å²) >= 11 is 0. The van der Waals surface area contributed by atoms with Crippen LogP contribution in [0.3, 0.4) is 0 Å². The van der Waals surface area contributed by atoms with Crippen LogP contribution in [-0.2, 0) is 14.3 Å². The smallest absolute Gasteiger partial charge is 0.184 e. The Morgan fingerprint density at radius 3 is 1.78 bits per heavy atom. The molecule has 9 heavy (non-hydrogen) atoms. The molecule has 0 radical (unpaired) electrons. The van der Waals surface area contributed by atoms with Gasteiger partial charge in [0.05, 0.1) is 0 Å². The van der Waals surface area contributed by atoms with Gasteiger partial charge in [-0.1, -0.05) is 0 Å². The molecule has 0 saturated carbocycles. The van der Waals surface area contributed by atoms with Crippen molar-refractivity contribution in [2.45, 2.75) is 19.3 Å². The summed E-state index contributed by atoms with van der Waals surface area (Å²) in [6.45, 7) is 1.76. The molecule has 0 aliphatic heterocycles. The van der Waals surface area contributed by atoms with Gasteiger partial charge >= 0.3 is 0 Å². The molecule has 0 bridgehead atoms. The standard InChI is InChI=1S/C5H13NO3/c1-4(9-6)5(7-2)8-3/h4-5H,6H2,1-3H3. The highest BCUT2D eigenvalue weighted by Crippen LogP contribution is 1.99. The van der Waals surface area contributed by atoms with Crippen LogP contribution in [0.1, 0.15) is 6.92 Å². The molecule has 0 aromatic rings. The van der Waals surface area contributed by atoms with Crippen molar-refractivity contribution in [2.75, 3.05) is 14.2 Å². The third kappa shape index (κ3) is 2.76. The van der Waals surface area contributed by atoms with Crippen LogP contribution in [0.2, 0.25) is 0 Å². The zero-order valence-corrected chi connectivity index (χ0v) is 5.96. The van der Waals surface area contributed by atoms with Crippen LogP contribution in [-0.4, -0.2) is 26.6 Å². The number of hydrogen-bond acceptors (Lipinski definition) is 4. The summed E-state index contributed by atoms with van der Waals surface area (Å²) in [5.74, 6) is 4.86. The van der Waals surface area contributed by atoms with E-state index in [1.807, 2.05) is 0 Å². The minimum atomic E-state index is -0.380. The van der Waals surface area contributed by atoms with Gasteiger partial charge in [0.1, 0.15) is 6.10 Å². The molecule has 1 unspecified atom stereocenters. The SMILES string of the molecule is COC(OC)C(C)ON. The molecule has 1 atom stereocenters. The largest absolute Gasteiger partial charge is 0.353 e. The zero-order valence-electron chi connectivity index (χ0n) is 5.96. The highest BCUT2D eigenvalue weighted by Gasteiger charge is 2.14. The van der Waals surface area contributed by atoms with E-state index in [0.29, 0.717) is 0 Å². The normalized spacial score (nSPS) is 14.3. The Hall–Kier alpha value is -0.160. The molecule has 4 heteroatoms. The van der Waals surface area contributed by atoms with Gasteiger partial charge in [0.25, 0.3) is 0 Å². The fraction of sp³-hybridized carbons (Fsp3) is 1.00. The van der Waals surface area contributed by atoms with Gasteiger partial charge in [0.2, 0.25) is 0 Å². The van der Waals surface area contributed by atoms with E-state index in [0.717, 1.165) is 0 Å². The van der Waals surface area contributed by atoms with Gasteiger partial charge in [-0.3, -0.25) is 4.84 Å². The van der Waals surface area contributed by atoms with Crippen LogP contribution < -0.4 is 5.90 Å². The average Bonchev–Trinajstić information content (AvgIpc) is 1.90. The lowest BCUT2D eigenvalue weighted by molar-refractivity contribution is -0.176. The number of rotatable bonds is 4. The van der Waals surface area contributed by atoms with Crippen LogP contribution in [0.25, 0.3) is 0 Å². The molecule has 0 fully saturated rings. The van der Waals surface area contributed by atoms with Crippen LogP contribution in [0.15, 0.2) is 0 Å². The molecule has 0 heterocycles. The third-order valence-corrected chi connectivity index (χ3v) is 1.06. The van der Waals surface area contributed by atoms with Gasteiger partial charge in [0.15, 0.2) is 6.29 Å². The second-order valence-corrected chi connectivity index (χ2v) is 1.68. The Balaban J connectivity index is 3.50. The van der Waals surface area contributed by atoms with Crippen molar-refractivity contribution in [2.24, 2.45) is 5.90 Å². The third-order valence-electron chi connectivity index (χ3n) is 1.06. The average molecular weight is 135 g/mol. The number of ether oxygens (including phenoxy) is 2. The summed E-state index contributed by atoms with van der Waals surface area (Å²) in [5, 5.41) is 0. The highest BCUT2D eigenvalue weighted by molar-refractivity contribution is 4.51. The number of nitrogens with two attached hydrogens (primary N) is 1. The molecule has 4 nitrogen and oxygen atoms in total. The van der Waals surface area contributed by atoms with E-state index < -0.39 is 0 Å². The van der Waals surface area contributed by atoms with Crippen molar-refractivity contribution >= 4 is 0 Å². The Bertz CT molecular complexity index is 65.2. The molecule has 0 aliphatic rings. The monoisotopic (exact) mass is 135 g/mol. The lowest BCUT2D eigenvalue weighted by Gasteiger charge is -2.18. The molecule has 0 aromatic heterocycles. The summed E-state index contributed by atoms with van der Waals surface area (Å²) in [6.07, 6.45) is -0.616. The van der Waals surface area contributed by atoms with Crippen LogP contribution in [0.5, 0.6) is 0 Å². The van der Waals surface area contributed by atoms with Gasteiger partial charge in [-0.25, -0.2) is 5.90 Å². The van der Waals surface area contributed by atoms with E-state index in [2.05, 4.69) is 4.84 Å². The summed E-state index contributed by atoms with van der Waals surface area (Å²) in [6, 6.07) is 0.